The Bertz CT molecular complexity index is 474. The van der Waals surface area contributed by atoms with Crippen molar-refractivity contribution in [3.8, 4) is 11.5 Å². The maximum absolute atomic E-state index is 9.17. The van der Waals surface area contributed by atoms with E-state index in [2.05, 4.69) is 4.98 Å². The van der Waals surface area contributed by atoms with Crippen molar-refractivity contribution >= 4 is 11.6 Å². The van der Waals surface area contributed by atoms with Crippen LogP contribution in [0.25, 0.3) is 0 Å². The molecule has 0 aliphatic rings. The van der Waals surface area contributed by atoms with Crippen molar-refractivity contribution in [2.45, 2.75) is 6.61 Å². The zero-order chi connectivity index (χ0) is 11.4. The fourth-order valence-electron chi connectivity index (χ4n) is 1.24. The quantitative estimate of drug-likeness (QED) is 0.889. The highest BCUT2D eigenvalue weighted by atomic mass is 35.5. The van der Waals surface area contributed by atoms with Gasteiger partial charge in [-0.15, -0.1) is 0 Å². The number of nitrogens with zero attached hydrogens (tertiary/aromatic N) is 1. The van der Waals surface area contributed by atoms with Gasteiger partial charge in [-0.25, -0.2) is 0 Å². The maximum atomic E-state index is 9.17. The molecule has 16 heavy (non-hydrogen) atoms. The number of hydrogen-bond acceptors (Lipinski definition) is 3. The second-order valence-electron chi connectivity index (χ2n) is 3.22. The predicted molar refractivity (Wildman–Crippen MR) is 61.7 cm³/mol. The Hall–Kier alpha value is -1.74. The molecule has 0 saturated carbocycles. The molecule has 0 aliphatic heterocycles. The molecule has 4 heteroatoms. The van der Waals surface area contributed by atoms with Crippen LogP contribution in [0.2, 0.25) is 5.02 Å². The summed E-state index contributed by atoms with van der Waals surface area (Å²) in [4.78, 5) is 4.12. The lowest BCUT2D eigenvalue weighted by atomic mass is 10.3. The molecule has 0 spiro atoms. The first kappa shape index (κ1) is 10.8. The average molecular weight is 236 g/mol. The van der Waals surface area contributed by atoms with Crippen LogP contribution >= 0.6 is 11.6 Å². The smallest absolute Gasteiger partial charge is 0.138 e. The van der Waals surface area contributed by atoms with Gasteiger partial charge >= 0.3 is 0 Å². The number of pyridine rings is 1. The van der Waals surface area contributed by atoms with E-state index in [1.54, 1.807) is 12.3 Å². The van der Waals surface area contributed by atoms with Gasteiger partial charge in [0.05, 0.1) is 10.7 Å². The fraction of sp³-hybridized carbons (Fsp3) is 0.0833. The molecule has 1 heterocycles. The molecule has 0 unspecified atom stereocenters. The summed E-state index contributed by atoms with van der Waals surface area (Å²) in [5, 5.41) is 9.56. The van der Waals surface area contributed by atoms with Crippen LogP contribution in [0, 0.1) is 0 Å². The Morgan fingerprint density at radius 2 is 2.12 bits per heavy atom. The van der Waals surface area contributed by atoms with Crippen molar-refractivity contribution in [1.29, 1.82) is 0 Å². The molecular formula is C12H10ClNO2. The van der Waals surface area contributed by atoms with Crippen molar-refractivity contribution in [2.24, 2.45) is 0 Å². The summed E-state index contributed by atoms with van der Waals surface area (Å²) in [6, 6.07) is 10.2. The molecule has 3 nitrogen and oxygen atoms in total. The molecule has 0 aliphatic carbocycles. The predicted octanol–water partition coefficient (Wildman–Crippen LogP) is 3.02. The Morgan fingerprint density at radius 3 is 2.81 bits per heavy atom. The molecule has 1 N–H and O–H groups in total. The summed E-state index contributed by atoms with van der Waals surface area (Å²) >= 11 is 5.89. The maximum Gasteiger partial charge on any atom is 0.138 e. The number of hydrogen-bond donors (Lipinski definition) is 1. The monoisotopic (exact) mass is 235 g/mol. The minimum atomic E-state index is 0.121. The molecule has 0 atom stereocenters. The molecular weight excluding hydrogens is 226 g/mol. The van der Waals surface area contributed by atoms with Gasteiger partial charge in [0, 0.05) is 12.3 Å². The van der Waals surface area contributed by atoms with Crippen LogP contribution in [0.3, 0.4) is 0 Å². The van der Waals surface area contributed by atoms with E-state index in [1.165, 1.54) is 12.1 Å². The van der Waals surface area contributed by atoms with Crippen molar-refractivity contribution in [2.75, 3.05) is 0 Å². The van der Waals surface area contributed by atoms with E-state index < -0.39 is 0 Å². The third kappa shape index (κ3) is 2.64. The summed E-state index contributed by atoms with van der Waals surface area (Å²) in [6.45, 7) is 0.353. The van der Waals surface area contributed by atoms with E-state index in [4.69, 9.17) is 16.3 Å². The van der Waals surface area contributed by atoms with Crippen LogP contribution in [0.5, 0.6) is 11.5 Å². The van der Waals surface area contributed by atoms with Crippen molar-refractivity contribution < 1.29 is 9.84 Å². The molecule has 2 rings (SSSR count). The van der Waals surface area contributed by atoms with Crippen molar-refractivity contribution in [3.05, 3.63) is 53.3 Å². The van der Waals surface area contributed by atoms with Crippen LogP contribution in [-0.2, 0) is 6.61 Å². The van der Waals surface area contributed by atoms with Gasteiger partial charge in [-0.3, -0.25) is 4.98 Å². The molecule has 82 valence electrons. The highest BCUT2D eigenvalue weighted by Crippen LogP contribution is 2.28. The fourth-order valence-corrected chi connectivity index (χ4v) is 1.47. The molecule has 0 fully saturated rings. The van der Waals surface area contributed by atoms with E-state index >= 15 is 0 Å². The number of ether oxygens (including phenoxy) is 1. The van der Waals surface area contributed by atoms with Crippen LogP contribution < -0.4 is 4.74 Å². The first-order valence-corrected chi connectivity index (χ1v) is 5.15. The molecule has 2 aromatic rings. The van der Waals surface area contributed by atoms with Gasteiger partial charge in [-0.2, -0.15) is 0 Å². The number of aromatic hydroxyl groups is 1. The van der Waals surface area contributed by atoms with Crippen LogP contribution in [0.1, 0.15) is 5.69 Å². The summed E-state index contributed by atoms with van der Waals surface area (Å²) in [6.07, 6.45) is 1.71. The SMILES string of the molecule is Oc1ccc(OCc2ccccn2)c(Cl)c1. The van der Waals surface area contributed by atoms with E-state index in [0.29, 0.717) is 17.4 Å². The molecule has 1 aromatic heterocycles. The number of phenolic OH excluding ortho intramolecular Hbond substituents is 1. The molecule has 0 bridgehead atoms. The minimum absolute atomic E-state index is 0.121. The van der Waals surface area contributed by atoms with E-state index in [1.807, 2.05) is 18.2 Å². The summed E-state index contributed by atoms with van der Waals surface area (Å²) in [5.41, 5.74) is 0.826. The zero-order valence-electron chi connectivity index (χ0n) is 8.43. The molecule has 0 radical (unpaired) electrons. The molecule has 1 aromatic carbocycles. The van der Waals surface area contributed by atoms with Gasteiger partial charge in [-0.05, 0) is 24.3 Å². The Kier molecular flexibility index (Phi) is 3.27. The van der Waals surface area contributed by atoms with Crippen LogP contribution in [-0.4, -0.2) is 10.1 Å². The normalized spacial score (nSPS) is 10.1. The standard InChI is InChI=1S/C12H10ClNO2/c13-11-7-10(15)4-5-12(11)16-8-9-3-1-2-6-14-9/h1-7,15H,8H2. The number of rotatable bonds is 3. The first-order valence-electron chi connectivity index (χ1n) is 4.77. The molecule has 0 saturated heterocycles. The van der Waals surface area contributed by atoms with E-state index in [0.717, 1.165) is 5.69 Å². The summed E-state index contributed by atoms with van der Waals surface area (Å²) in [7, 11) is 0. The lowest BCUT2D eigenvalue weighted by Crippen LogP contribution is -1.97. The number of halogens is 1. The van der Waals surface area contributed by atoms with Crippen molar-refractivity contribution in [1.82, 2.24) is 4.98 Å². The Morgan fingerprint density at radius 1 is 1.25 bits per heavy atom. The lowest BCUT2D eigenvalue weighted by Gasteiger charge is -2.07. The van der Waals surface area contributed by atoms with Crippen LogP contribution in [0.4, 0.5) is 0 Å². The van der Waals surface area contributed by atoms with Gasteiger partial charge in [0.25, 0.3) is 0 Å². The largest absolute Gasteiger partial charge is 0.508 e. The summed E-state index contributed by atoms with van der Waals surface area (Å²) < 4.78 is 5.47. The second-order valence-corrected chi connectivity index (χ2v) is 3.63. The Balaban J connectivity index is 2.05. The van der Waals surface area contributed by atoms with Gasteiger partial charge in [0.15, 0.2) is 0 Å². The Labute approximate surface area is 98.3 Å². The number of benzene rings is 1. The minimum Gasteiger partial charge on any atom is -0.508 e. The van der Waals surface area contributed by atoms with E-state index in [-0.39, 0.29) is 5.75 Å². The highest BCUT2D eigenvalue weighted by Gasteiger charge is 2.03. The van der Waals surface area contributed by atoms with Gasteiger partial charge < -0.3 is 9.84 Å². The second kappa shape index (κ2) is 4.86. The van der Waals surface area contributed by atoms with Crippen molar-refractivity contribution in [3.63, 3.8) is 0 Å². The average Bonchev–Trinajstić information content (AvgIpc) is 2.29. The zero-order valence-corrected chi connectivity index (χ0v) is 9.19. The summed E-state index contributed by atoms with van der Waals surface area (Å²) in [5.74, 6) is 0.653. The van der Waals surface area contributed by atoms with Gasteiger partial charge in [-0.1, -0.05) is 17.7 Å². The molecule has 0 amide bonds. The third-order valence-corrected chi connectivity index (χ3v) is 2.31. The number of aromatic nitrogens is 1. The lowest BCUT2D eigenvalue weighted by molar-refractivity contribution is 0.301. The topological polar surface area (TPSA) is 42.4 Å². The number of phenols is 1. The highest BCUT2D eigenvalue weighted by molar-refractivity contribution is 6.32. The van der Waals surface area contributed by atoms with Gasteiger partial charge in [0.1, 0.15) is 18.1 Å². The van der Waals surface area contributed by atoms with Gasteiger partial charge in [0.2, 0.25) is 0 Å². The van der Waals surface area contributed by atoms with E-state index in [9.17, 15) is 5.11 Å². The third-order valence-electron chi connectivity index (χ3n) is 2.02. The van der Waals surface area contributed by atoms with Crippen LogP contribution in [0.15, 0.2) is 42.6 Å². The first-order chi connectivity index (χ1) is 7.75.